The number of fused-ring (bicyclic) bond motifs is 1. The number of benzene rings is 3. The molecule has 0 saturated heterocycles. The molecular formula is C24H21NO4S. The first-order valence-corrected chi connectivity index (χ1v) is 10.8. The molecule has 0 aliphatic carbocycles. The summed E-state index contributed by atoms with van der Waals surface area (Å²) in [5, 5.41) is 0. The second-order valence-corrected chi connectivity index (χ2v) is 7.92. The number of thioether (sulfide) groups is 1. The molecule has 3 aromatic rings. The maximum Gasteiger partial charge on any atom is 0.289 e. The van der Waals surface area contributed by atoms with Crippen LogP contribution in [-0.2, 0) is 16.3 Å². The third-order valence-electron chi connectivity index (χ3n) is 4.81. The topological polar surface area (TPSA) is 78.6 Å². The Morgan fingerprint density at radius 2 is 1.33 bits per heavy atom. The predicted octanol–water partition coefficient (Wildman–Crippen LogP) is 4.23. The summed E-state index contributed by atoms with van der Waals surface area (Å²) < 4.78 is 11.2. The van der Waals surface area contributed by atoms with Gasteiger partial charge in [0.25, 0.3) is 5.91 Å². The lowest BCUT2D eigenvalue weighted by Crippen LogP contribution is -2.22. The Morgan fingerprint density at radius 3 is 1.97 bits per heavy atom. The molecule has 0 radical (unpaired) electrons. The molecule has 0 fully saturated rings. The Bertz CT molecular complexity index is 1060. The van der Waals surface area contributed by atoms with Crippen LogP contribution in [0, 0.1) is 0 Å². The van der Waals surface area contributed by atoms with E-state index in [2.05, 4.69) is 24.3 Å². The number of nitrogens with two attached hydrogens (primary N) is 1. The third kappa shape index (κ3) is 4.66. The minimum atomic E-state index is -0.934. The first-order valence-electron chi connectivity index (χ1n) is 9.60. The highest BCUT2D eigenvalue weighted by molar-refractivity contribution is 7.97. The van der Waals surface area contributed by atoms with Gasteiger partial charge in [-0.3, -0.25) is 9.59 Å². The lowest BCUT2D eigenvalue weighted by Gasteiger charge is -2.19. The maximum absolute atomic E-state index is 11.6. The van der Waals surface area contributed by atoms with Crippen molar-refractivity contribution in [3.05, 3.63) is 83.4 Å². The maximum atomic E-state index is 11.6. The third-order valence-corrected chi connectivity index (χ3v) is 5.88. The second-order valence-electron chi connectivity index (χ2n) is 6.94. The number of rotatable bonds is 7. The van der Waals surface area contributed by atoms with Crippen LogP contribution in [0.4, 0.5) is 0 Å². The Balaban J connectivity index is 1.33. The van der Waals surface area contributed by atoms with E-state index < -0.39 is 11.7 Å². The largest absolute Gasteiger partial charge is 0.486 e. The summed E-state index contributed by atoms with van der Waals surface area (Å²) in [5.74, 6) is 1.69. The van der Waals surface area contributed by atoms with E-state index in [1.807, 2.05) is 30.3 Å². The van der Waals surface area contributed by atoms with Crippen LogP contribution in [0.3, 0.4) is 0 Å². The molecule has 0 bridgehead atoms. The van der Waals surface area contributed by atoms with Gasteiger partial charge in [-0.15, -0.1) is 0 Å². The van der Waals surface area contributed by atoms with Gasteiger partial charge < -0.3 is 15.2 Å². The van der Waals surface area contributed by atoms with Crippen LogP contribution in [0.25, 0.3) is 11.1 Å². The first-order chi connectivity index (χ1) is 14.6. The molecule has 3 aromatic carbocycles. The number of hydrogen-bond donors (Lipinski definition) is 1. The van der Waals surface area contributed by atoms with Crippen molar-refractivity contribution in [1.29, 1.82) is 0 Å². The molecule has 0 saturated carbocycles. The fourth-order valence-corrected chi connectivity index (χ4v) is 4.16. The molecule has 5 nitrogen and oxygen atoms in total. The zero-order valence-corrected chi connectivity index (χ0v) is 17.1. The van der Waals surface area contributed by atoms with E-state index in [1.165, 1.54) is 5.56 Å². The fourth-order valence-electron chi connectivity index (χ4n) is 3.20. The van der Waals surface area contributed by atoms with Crippen LogP contribution in [0.5, 0.6) is 11.5 Å². The molecule has 0 unspecified atom stereocenters. The van der Waals surface area contributed by atoms with Crippen LogP contribution in [0.2, 0.25) is 0 Å². The Hall–Kier alpha value is -3.25. The lowest BCUT2D eigenvalue weighted by molar-refractivity contribution is -0.114. The van der Waals surface area contributed by atoms with Crippen molar-refractivity contribution in [2.75, 3.05) is 13.2 Å². The van der Waals surface area contributed by atoms with Gasteiger partial charge in [0.1, 0.15) is 13.2 Å². The lowest BCUT2D eigenvalue weighted by atomic mass is 10.0. The van der Waals surface area contributed by atoms with E-state index >= 15 is 0 Å². The Morgan fingerprint density at radius 1 is 0.767 bits per heavy atom. The van der Waals surface area contributed by atoms with E-state index in [-0.39, 0.29) is 0 Å². The minimum Gasteiger partial charge on any atom is -0.486 e. The molecule has 1 heterocycles. The average molecular weight is 420 g/mol. The Labute approximate surface area is 179 Å². The van der Waals surface area contributed by atoms with Crippen molar-refractivity contribution in [1.82, 2.24) is 0 Å². The van der Waals surface area contributed by atoms with Gasteiger partial charge >= 0.3 is 0 Å². The summed E-state index contributed by atoms with van der Waals surface area (Å²) in [4.78, 5) is 22.5. The number of ketones is 1. The quantitative estimate of drug-likeness (QED) is 0.458. The summed E-state index contributed by atoms with van der Waals surface area (Å²) in [6.07, 6.45) is 0. The Kier molecular flexibility index (Phi) is 6.05. The number of carbonyl (C=O) groups is 2. The van der Waals surface area contributed by atoms with E-state index in [1.54, 1.807) is 23.9 Å². The van der Waals surface area contributed by atoms with Gasteiger partial charge in [-0.2, -0.15) is 11.8 Å². The average Bonchev–Trinajstić information content (AvgIpc) is 2.79. The fraction of sp³-hybridized carbons (Fsp3) is 0.167. The molecule has 0 atom stereocenters. The van der Waals surface area contributed by atoms with Crippen LogP contribution in [0.15, 0.2) is 66.7 Å². The van der Waals surface area contributed by atoms with Crippen LogP contribution in [0.1, 0.15) is 21.5 Å². The highest BCUT2D eigenvalue weighted by atomic mass is 32.2. The highest BCUT2D eigenvalue weighted by Gasteiger charge is 2.13. The van der Waals surface area contributed by atoms with Crippen molar-refractivity contribution in [2.24, 2.45) is 5.73 Å². The van der Waals surface area contributed by atoms with Crippen molar-refractivity contribution in [3.63, 3.8) is 0 Å². The molecule has 4 rings (SSSR count). The van der Waals surface area contributed by atoms with E-state index in [4.69, 9.17) is 15.2 Å². The summed E-state index contributed by atoms with van der Waals surface area (Å²) in [6.45, 7) is 1.17. The SMILES string of the molecule is NC(=O)C(=O)c1ccc(CSCc2ccc(-c3ccc4c(c3)OCCO4)cc2)cc1. The van der Waals surface area contributed by atoms with Crippen LogP contribution in [-0.4, -0.2) is 24.9 Å². The summed E-state index contributed by atoms with van der Waals surface area (Å²) in [5.41, 5.74) is 9.91. The number of primary amides is 1. The summed E-state index contributed by atoms with van der Waals surface area (Å²) >= 11 is 1.79. The summed E-state index contributed by atoms with van der Waals surface area (Å²) in [7, 11) is 0. The van der Waals surface area contributed by atoms with Crippen LogP contribution >= 0.6 is 11.8 Å². The van der Waals surface area contributed by atoms with Crippen molar-refractivity contribution < 1.29 is 19.1 Å². The standard InChI is InChI=1S/C24H21NO4S/c25-24(27)23(26)19-7-3-17(4-8-19)15-30-14-16-1-5-18(6-2-16)20-9-10-21-22(13-20)29-12-11-28-21/h1-10,13H,11-12,14-15H2,(H2,25,27). The molecule has 6 heteroatoms. The zero-order valence-electron chi connectivity index (χ0n) is 16.3. The predicted molar refractivity (Wildman–Crippen MR) is 118 cm³/mol. The van der Waals surface area contributed by atoms with E-state index in [0.717, 1.165) is 39.7 Å². The number of hydrogen-bond acceptors (Lipinski definition) is 5. The molecule has 30 heavy (non-hydrogen) atoms. The van der Waals surface area contributed by atoms with Crippen molar-refractivity contribution in [2.45, 2.75) is 11.5 Å². The number of ether oxygens (including phenoxy) is 2. The zero-order chi connectivity index (χ0) is 20.9. The summed E-state index contributed by atoms with van der Waals surface area (Å²) in [6, 6.07) is 21.5. The first kappa shape index (κ1) is 20.0. The van der Waals surface area contributed by atoms with Gasteiger partial charge in [-0.05, 0) is 34.4 Å². The van der Waals surface area contributed by atoms with Gasteiger partial charge in [-0.1, -0.05) is 54.6 Å². The minimum absolute atomic E-state index is 0.325. The molecular weight excluding hydrogens is 398 g/mol. The number of amides is 1. The van der Waals surface area contributed by atoms with Crippen LogP contribution < -0.4 is 15.2 Å². The highest BCUT2D eigenvalue weighted by Crippen LogP contribution is 2.34. The van der Waals surface area contributed by atoms with Crippen molar-refractivity contribution in [3.8, 4) is 22.6 Å². The molecule has 1 aliphatic heterocycles. The van der Waals surface area contributed by atoms with Gasteiger partial charge in [0.2, 0.25) is 5.78 Å². The molecule has 1 amide bonds. The molecule has 2 N–H and O–H groups in total. The normalized spacial score (nSPS) is 12.4. The van der Waals surface area contributed by atoms with Crippen molar-refractivity contribution >= 4 is 23.5 Å². The monoisotopic (exact) mass is 419 g/mol. The second kappa shape index (κ2) is 9.05. The smallest absolute Gasteiger partial charge is 0.289 e. The molecule has 1 aliphatic rings. The number of Topliss-reactive ketones (excluding diaryl/α,β-unsaturated/α-hetero) is 1. The van der Waals surface area contributed by atoms with Gasteiger partial charge in [0, 0.05) is 17.1 Å². The van der Waals surface area contributed by atoms with Gasteiger partial charge in [-0.25, -0.2) is 0 Å². The molecule has 152 valence electrons. The van der Waals surface area contributed by atoms with Gasteiger partial charge in [0.05, 0.1) is 0 Å². The molecule has 0 aromatic heterocycles. The van der Waals surface area contributed by atoms with Gasteiger partial charge in [0.15, 0.2) is 11.5 Å². The van der Waals surface area contributed by atoms with E-state index in [0.29, 0.717) is 18.8 Å². The van der Waals surface area contributed by atoms with E-state index in [9.17, 15) is 9.59 Å². The number of carbonyl (C=O) groups excluding carboxylic acids is 2. The molecule has 0 spiro atoms.